The first-order valence-electron chi connectivity index (χ1n) is 7.89. The summed E-state index contributed by atoms with van der Waals surface area (Å²) in [5.74, 6) is 1.15. The van der Waals surface area contributed by atoms with E-state index in [2.05, 4.69) is 5.10 Å². The van der Waals surface area contributed by atoms with Crippen molar-refractivity contribution < 1.29 is 14.3 Å². The number of hydrogen-bond acceptors (Lipinski definition) is 4. The number of carbonyl (C=O) groups is 1. The van der Waals surface area contributed by atoms with Crippen molar-refractivity contribution in [2.24, 2.45) is 5.10 Å². The summed E-state index contributed by atoms with van der Waals surface area (Å²) in [5.41, 5.74) is 2.58. The summed E-state index contributed by atoms with van der Waals surface area (Å²) in [4.78, 5) is 12.1. The minimum atomic E-state index is -0.214. The lowest BCUT2D eigenvalue weighted by atomic mass is 9.98. The number of ether oxygens (including phenoxy) is 2. The Labute approximate surface area is 151 Å². The molecule has 1 unspecified atom stereocenters. The minimum absolute atomic E-state index is 0.125. The Morgan fingerprint density at radius 2 is 1.88 bits per heavy atom. The van der Waals surface area contributed by atoms with Crippen LogP contribution in [0, 0.1) is 0 Å². The molecular formula is C19H19ClN2O3. The molecule has 0 bridgehead atoms. The van der Waals surface area contributed by atoms with Gasteiger partial charge in [0.1, 0.15) is 0 Å². The van der Waals surface area contributed by atoms with Gasteiger partial charge in [-0.15, -0.1) is 0 Å². The summed E-state index contributed by atoms with van der Waals surface area (Å²) in [6, 6.07) is 12.9. The third-order valence-electron chi connectivity index (χ3n) is 4.21. The first-order valence-corrected chi connectivity index (χ1v) is 8.27. The maximum Gasteiger partial charge on any atom is 0.240 e. The third kappa shape index (κ3) is 3.33. The van der Waals surface area contributed by atoms with Crippen LogP contribution in [-0.4, -0.2) is 30.8 Å². The van der Waals surface area contributed by atoms with Crippen molar-refractivity contribution in [3.63, 3.8) is 0 Å². The highest BCUT2D eigenvalue weighted by Crippen LogP contribution is 2.37. The number of carbonyl (C=O) groups excluding carboxylic acids is 1. The number of methoxy groups -OCH3 is 2. The number of halogens is 1. The van der Waals surface area contributed by atoms with Gasteiger partial charge in [-0.25, -0.2) is 5.01 Å². The summed E-state index contributed by atoms with van der Waals surface area (Å²) in [6.45, 7) is 1.50. The lowest BCUT2D eigenvalue weighted by Gasteiger charge is -2.21. The zero-order valence-corrected chi connectivity index (χ0v) is 15.1. The molecule has 0 aliphatic carbocycles. The maximum absolute atomic E-state index is 12.1. The zero-order chi connectivity index (χ0) is 18.0. The number of nitrogens with zero attached hydrogens (tertiary/aromatic N) is 2. The van der Waals surface area contributed by atoms with E-state index in [0.717, 1.165) is 16.8 Å². The van der Waals surface area contributed by atoms with Crippen LogP contribution in [0.4, 0.5) is 0 Å². The van der Waals surface area contributed by atoms with Gasteiger partial charge in [-0.05, 0) is 29.8 Å². The summed E-state index contributed by atoms with van der Waals surface area (Å²) in [5, 5.41) is 6.65. The quantitative estimate of drug-likeness (QED) is 0.828. The van der Waals surface area contributed by atoms with Gasteiger partial charge in [0.2, 0.25) is 5.91 Å². The van der Waals surface area contributed by atoms with Crippen LogP contribution in [0.15, 0.2) is 47.6 Å². The van der Waals surface area contributed by atoms with Crippen LogP contribution in [0.1, 0.15) is 30.5 Å². The van der Waals surface area contributed by atoms with Crippen molar-refractivity contribution in [2.45, 2.75) is 19.4 Å². The first kappa shape index (κ1) is 17.3. The first-order chi connectivity index (χ1) is 12.0. The molecule has 0 saturated carbocycles. The van der Waals surface area contributed by atoms with Crippen LogP contribution < -0.4 is 9.47 Å². The van der Waals surface area contributed by atoms with Crippen molar-refractivity contribution >= 4 is 23.2 Å². The second-order valence-electron chi connectivity index (χ2n) is 5.72. The number of hydrazone groups is 1. The standard InChI is InChI=1S/C19H19ClN2O3/c1-12(23)22-17(14-6-4-5-7-15(14)20)11-16(21-22)13-8-9-18(24-2)19(10-13)25-3/h4-10,17H,11H2,1-3H3. The highest BCUT2D eigenvalue weighted by molar-refractivity contribution is 6.31. The Hall–Kier alpha value is -2.53. The van der Waals surface area contributed by atoms with E-state index in [1.165, 1.54) is 11.9 Å². The van der Waals surface area contributed by atoms with E-state index in [9.17, 15) is 4.79 Å². The monoisotopic (exact) mass is 358 g/mol. The molecule has 1 heterocycles. The van der Waals surface area contributed by atoms with E-state index in [1.807, 2.05) is 42.5 Å². The fraction of sp³-hybridized carbons (Fsp3) is 0.263. The van der Waals surface area contributed by atoms with Gasteiger partial charge in [0, 0.05) is 23.9 Å². The molecule has 0 N–H and O–H groups in total. The molecule has 2 aromatic rings. The van der Waals surface area contributed by atoms with Gasteiger partial charge in [0.25, 0.3) is 0 Å². The molecule has 1 aliphatic rings. The average molecular weight is 359 g/mol. The highest BCUT2D eigenvalue weighted by atomic mass is 35.5. The number of rotatable bonds is 4. The van der Waals surface area contributed by atoms with Crippen molar-refractivity contribution in [1.29, 1.82) is 0 Å². The Bertz CT molecular complexity index is 835. The molecule has 1 aliphatic heterocycles. The Morgan fingerprint density at radius 1 is 1.16 bits per heavy atom. The van der Waals surface area contributed by atoms with Crippen LogP contribution in [0.25, 0.3) is 0 Å². The van der Waals surface area contributed by atoms with E-state index in [4.69, 9.17) is 21.1 Å². The molecule has 2 aromatic carbocycles. The number of amides is 1. The molecule has 0 radical (unpaired) electrons. The van der Waals surface area contributed by atoms with E-state index in [0.29, 0.717) is 22.9 Å². The normalized spacial score (nSPS) is 16.6. The van der Waals surface area contributed by atoms with Crippen LogP contribution in [0.3, 0.4) is 0 Å². The van der Waals surface area contributed by atoms with Crippen molar-refractivity contribution in [3.05, 3.63) is 58.6 Å². The summed E-state index contributed by atoms with van der Waals surface area (Å²) in [6.07, 6.45) is 0.582. The van der Waals surface area contributed by atoms with Gasteiger partial charge in [-0.3, -0.25) is 4.79 Å². The largest absolute Gasteiger partial charge is 0.493 e. The zero-order valence-electron chi connectivity index (χ0n) is 14.3. The highest BCUT2D eigenvalue weighted by Gasteiger charge is 2.32. The summed E-state index contributed by atoms with van der Waals surface area (Å²) >= 11 is 6.33. The Kier molecular flexibility index (Phi) is 4.95. The molecular weight excluding hydrogens is 340 g/mol. The molecule has 5 nitrogen and oxygen atoms in total. The van der Waals surface area contributed by atoms with E-state index >= 15 is 0 Å². The van der Waals surface area contributed by atoms with Gasteiger partial charge < -0.3 is 9.47 Å². The van der Waals surface area contributed by atoms with E-state index in [-0.39, 0.29) is 11.9 Å². The topological polar surface area (TPSA) is 51.1 Å². The van der Waals surface area contributed by atoms with Crippen LogP contribution in [0.2, 0.25) is 5.02 Å². The van der Waals surface area contributed by atoms with Gasteiger partial charge in [-0.1, -0.05) is 29.8 Å². The minimum Gasteiger partial charge on any atom is -0.493 e. The SMILES string of the molecule is COc1ccc(C2=NN(C(C)=O)C(c3ccccc3Cl)C2)cc1OC. The lowest BCUT2D eigenvalue weighted by Crippen LogP contribution is -2.24. The molecule has 0 aromatic heterocycles. The van der Waals surface area contributed by atoms with Gasteiger partial charge in [-0.2, -0.15) is 5.10 Å². The Balaban J connectivity index is 1.98. The fourth-order valence-electron chi connectivity index (χ4n) is 2.98. The number of benzene rings is 2. The molecule has 1 amide bonds. The number of hydrogen-bond donors (Lipinski definition) is 0. The van der Waals surface area contributed by atoms with Crippen LogP contribution in [-0.2, 0) is 4.79 Å². The second kappa shape index (κ2) is 7.15. The maximum atomic E-state index is 12.1. The van der Waals surface area contributed by atoms with Crippen LogP contribution in [0.5, 0.6) is 11.5 Å². The van der Waals surface area contributed by atoms with Crippen molar-refractivity contribution in [2.75, 3.05) is 14.2 Å². The molecule has 1 atom stereocenters. The van der Waals surface area contributed by atoms with Crippen molar-refractivity contribution in [1.82, 2.24) is 5.01 Å². The second-order valence-corrected chi connectivity index (χ2v) is 6.13. The molecule has 0 spiro atoms. The molecule has 3 rings (SSSR count). The predicted octanol–water partition coefficient (Wildman–Crippen LogP) is 4.05. The fourth-order valence-corrected chi connectivity index (χ4v) is 3.24. The molecule has 6 heteroatoms. The summed E-state index contributed by atoms with van der Waals surface area (Å²) in [7, 11) is 3.18. The molecule has 25 heavy (non-hydrogen) atoms. The molecule has 0 saturated heterocycles. The smallest absolute Gasteiger partial charge is 0.240 e. The molecule has 0 fully saturated rings. The van der Waals surface area contributed by atoms with E-state index in [1.54, 1.807) is 14.2 Å². The Morgan fingerprint density at radius 3 is 2.52 bits per heavy atom. The van der Waals surface area contributed by atoms with Crippen molar-refractivity contribution in [3.8, 4) is 11.5 Å². The average Bonchev–Trinajstić information content (AvgIpc) is 3.07. The van der Waals surface area contributed by atoms with Crippen LogP contribution >= 0.6 is 11.6 Å². The van der Waals surface area contributed by atoms with Gasteiger partial charge >= 0.3 is 0 Å². The summed E-state index contributed by atoms with van der Waals surface area (Å²) < 4.78 is 10.6. The van der Waals surface area contributed by atoms with Gasteiger partial charge in [0.15, 0.2) is 11.5 Å². The third-order valence-corrected chi connectivity index (χ3v) is 4.56. The lowest BCUT2D eigenvalue weighted by molar-refractivity contribution is -0.130. The predicted molar refractivity (Wildman–Crippen MR) is 97.4 cm³/mol. The van der Waals surface area contributed by atoms with Gasteiger partial charge in [0.05, 0.1) is 26.0 Å². The van der Waals surface area contributed by atoms with E-state index < -0.39 is 0 Å². The molecule has 130 valence electrons.